The SMILES string of the molecule is CC[N+](C)(CC)CCOCCOCCOCCOC. The van der Waals surface area contributed by atoms with Crippen LogP contribution >= 0.6 is 0 Å². The second-order valence-corrected chi connectivity index (χ2v) is 4.81. The van der Waals surface area contributed by atoms with Gasteiger partial charge in [-0.05, 0) is 13.8 Å². The molecular weight excluding hydrogens is 246 g/mol. The number of ether oxygens (including phenoxy) is 4. The first-order valence-corrected chi connectivity index (χ1v) is 7.24. The molecule has 0 aliphatic carbocycles. The fourth-order valence-electron chi connectivity index (χ4n) is 1.51. The lowest BCUT2D eigenvalue weighted by Gasteiger charge is -2.31. The van der Waals surface area contributed by atoms with Gasteiger partial charge in [-0.1, -0.05) is 0 Å². The summed E-state index contributed by atoms with van der Waals surface area (Å²) in [7, 11) is 3.93. The lowest BCUT2D eigenvalue weighted by atomic mass is 10.4. The van der Waals surface area contributed by atoms with Crippen LogP contribution in [0.4, 0.5) is 0 Å². The molecule has 0 aliphatic heterocycles. The Morgan fingerprint density at radius 3 is 1.53 bits per heavy atom. The lowest BCUT2D eigenvalue weighted by molar-refractivity contribution is -0.906. The van der Waals surface area contributed by atoms with Gasteiger partial charge in [-0.3, -0.25) is 0 Å². The molecule has 0 aromatic heterocycles. The van der Waals surface area contributed by atoms with Gasteiger partial charge >= 0.3 is 0 Å². The first-order chi connectivity index (χ1) is 9.18. The minimum Gasteiger partial charge on any atom is -0.382 e. The Morgan fingerprint density at radius 1 is 0.684 bits per heavy atom. The van der Waals surface area contributed by atoms with E-state index in [0.717, 1.165) is 30.7 Å². The van der Waals surface area contributed by atoms with Crippen molar-refractivity contribution < 1.29 is 23.4 Å². The van der Waals surface area contributed by atoms with E-state index in [1.807, 2.05) is 0 Å². The van der Waals surface area contributed by atoms with Crippen LogP contribution in [0.15, 0.2) is 0 Å². The second-order valence-electron chi connectivity index (χ2n) is 4.81. The van der Waals surface area contributed by atoms with Crippen LogP contribution in [0.1, 0.15) is 13.8 Å². The average Bonchev–Trinajstić information content (AvgIpc) is 2.44. The van der Waals surface area contributed by atoms with Gasteiger partial charge in [-0.15, -0.1) is 0 Å². The van der Waals surface area contributed by atoms with E-state index in [1.54, 1.807) is 7.11 Å². The standard InChI is InChI=1S/C14H32NO4/c1-5-15(3,6-2)7-8-17-11-12-19-14-13-18-10-9-16-4/h5-14H2,1-4H3/q+1. The third-order valence-electron chi connectivity index (χ3n) is 3.48. The summed E-state index contributed by atoms with van der Waals surface area (Å²) in [4.78, 5) is 0. The Morgan fingerprint density at radius 2 is 1.11 bits per heavy atom. The van der Waals surface area contributed by atoms with Crippen LogP contribution in [0, 0.1) is 0 Å². The van der Waals surface area contributed by atoms with E-state index in [1.165, 1.54) is 0 Å². The van der Waals surface area contributed by atoms with Gasteiger partial charge in [-0.25, -0.2) is 0 Å². The first kappa shape index (κ1) is 18.8. The summed E-state index contributed by atoms with van der Waals surface area (Å²) in [5.41, 5.74) is 0. The topological polar surface area (TPSA) is 36.9 Å². The molecule has 0 rings (SSSR count). The van der Waals surface area contributed by atoms with Crippen LogP contribution in [0.3, 0.4) is 0 Å². The summed E-state index contributed by atoms with van der Waals surface area (Å²) in [6, 6.07) is 0. The minimum absolute atomic E-state index is 0.615. The quantitative estimate of drug-likeness (QED) is 0.353. The molecule has 0 heterocycles. The third-order valence-corrected chi connectivity index (χ3v) is 3.48. The monoisotopic (exact) mass is 278 g/mol. The van der Waals surface area contributed by atoms with Gasteiger partial charge in [0.15, 0.2) is 0 Å². The van der Waals surface area contributed by atoms with Crippen molar-refractivity contribution in [3.05, 3.63) is 0 Å². The maximum Gasteiger partial charge on any atom is 0.102 e. The molecule has 0 bridgehead atoms. The number of likely N-dealkylation sites (N-methyl/N-ethyl adjacent to an activating group) is 1. The highest BCUT2D eigenvalue weighted by atomic mass is 16.6. The molecule has 0 saturated heterocycles. The van der Waals surface area contributed by atoms with E-state index in [0.29, 0.717) is 39.6 Å². The van der Waals surface area contributed by atoms with Gasteiger partial charge in [0, 0.05) is 7.11 Å². The van der Waals surface area contributed by atoms with Gasteiger partial charge in [0.2, 0.25) is 0 Å². The molecule has 19 heavy (non-hydrogen) atoms. The van der Waals surface area contributed by atoms with Crippen LogP contribution in [0.2, 0.25) is 0 Å². The van der Waals surface area contributed by atoms with Crippen molar-refractivity contribution in [2.24, 2.45) is 0 Å². The normalized spacial score (nSPS) is 12.0. The predicted molar refractivity (Wildman–Crippen MR) is 76.5 cm³/mol. The molecule has 0 spiro atoms. The minimum atomic E-state index is 0.615. The summed E-state index contributed by atoms with van der Waals surface area (Å²) < 4.78 is 22.2. The van der Waals surface area contributed by atoms with Crippen LogP contribution < -0.4 is 0 Å². The number of rotatable bonds is 14. The van der Waals surface area contributed by atoms with Crippen molar-refractivity contribution in [3.63, 3.8) is 0 Å². The van der Waals surface area contributed by atoms with Gasteiger partial charge in [0.25, 0.3) is 0 Å². The molecule has 0 amide bonds. The van der Waals surface area contributed by atoms with Crippen LogP contribution in [0.5, 0.6) is 0 Å². The number of nitrogens with zero attached hydrogens (tertiary/aromatic N) is 1. The largest absolute Gasteiger partial charge is 0.382 e. The molecule has 0 unspecified atom stereocenters. The molecule has 0 aromatic carbocycles. The first-order valence-electron chi connectivity index (χ1n) is 7.24. The molecule has 0 radical (unpaired) electrons. The smallest absolute Gasteiger partial charge is 0.102 e. The van der Waals surface area contributed by atoms with Gasteiger partial charge < -0.3 is 23.4 Å². The summed E-state index contributed by atoms with van der Waals surface area (Å²) in [5.74, 6) is 0. The van der Waals surface area contributed by atoms with Gasteiger partial charge in [0.05, 0.1) is 66.4 Å². The van der Waals surface area contributed by atoms with Gasteiger partial charge in [-0.2, -0.15) is 0 Å². The average molecular weight is 278 g/mol. The fraction of sp³-hybridized carbons (Fsp3) is 1.00. The Bertz CT molecular complexity index is 186. The highest BCUT2D eigenvalue weighted by Crippen LogP contribution is 2.00. The van der Waals surface area contributed by atoms with E-state index in [9.17, 15) is 0 Å². The van der Waals surface area contributed by atoms with E-state index in [-0.39, 0.29) is 0 Å². The second kappa shape index (κ2) is 12.8. The maximum atomic E-state index is 5.58. The fourth-order valence-corrected chi connectivity index (χ4v) is 1.51. The molecule has 0 aromatic rings. The lowest BCUT2D eigenvalue weighted by Crippen LogP contribution is -2.45. The number of quaternary nitrogens is 1. The number of methoxy groups -OCH3 is 1. The Hall–Kier alpha value is -0.200. The molecule has 0 saturated carbocycles. The van der Waals surface area contributed by atoms with Crippen molar-refractivity contribution in [3.8, 4) is 0 Å². The van der Waals surface area contributed by atoms with Crippen LogP contribution in [0.25, 0.3) is 0 Å². The summed E-state index contributed by atoms with van der Waals surface area (Å²) in [5, 5.41) is 0. The highest BCUT2D eigenvalue weighted by Gasteiger charge is 2.15. The Balaban J connectivity index is 3.19. The van der Waals surface area contributed by atoms with Crippen LogP contribution in [-0.4, -0.2) is 84.5 Å². The van der Waals surface area contributed by atoms with Crippen molar-refractivity contribution in [2.45, 2.75) is 13.8 Å². The van der Waals surface area contributed by atoms with E-state index >= 15 is 0 Å². The van der Waals surface area contributed by atoms with Crippen molar-refractivity contribution >= 4 is 0 Å². The van der Waals surface area contributed by atoms with Crippen molar-refractivity contribution in [1.82, 2.24) is 0 Å². The molecule has 0 atom stereocenters. The van der Waals surface area contributed by atoms with Crippen molar-refractivity contribution in [2.75, 3.05) is 80.0 Å². The van der Waals surface area contributed by atoms with Gasteiger partial charge in [0.1, 0.15) is 6.54 Å². The molecule has 0 N–H and O–H groups in total. The third kappa shape index (κ3) is 11.3. The predicted octanol–water partition coefficient (Wildman–Crippen LogP) is 1.17. The molecule has 0 aliphatic rings. The highest BCUT2D eigenvalue weighted by molar-refractivity contribution is 4.37. The summed E-state index contributed by atoms with van der Waals surface area (Å²) in [6.07, 6.45) is 0. The van der Waals surface area contributed by atoms with E-state index < -0.39 is 0 Å². The Kier molecular flexibility index (Phi) is 12.7. The number of hydrogen-bond acceptors (Lipinski definition) is 4. The number of hydrogen-bond donors (Lipinski definition) is 0. The molecule has 5 nitrogen and oxygen atoms in total. The molecule has 0 fully saturated rings. The maximum absolute atomic E-state index is 5.58. The molecule has 5 heteroatoms. The zero-order chi connectivity index (χ0) is 14.4. The zero-order valence-electron chi connectivity index (χ0n) is 13.2. The van der Waals surface area contributed by atoms with Crippen LogP contribution in [-0.2, 0) is 18.9 Å². The van der Waals surface area contributed by atoms with E-state index in [4.69, 9.17) is 18.9 Å². The Labute approximate surface area is 118 Å². The zero-order valence-corrected chi connectivity index (χ0v) is 13.2. The summed E-state index contributed by atoms with van der Waals surface area (Å²) >= 11 is 0. The molecule has 116 valence electrons. The van der Waals surface area contributed by atoms with Crippen molar-refractivity contribution in [1.29, 1.82) is 0 Å². The molecular formula is C14H32NO4+. The summed E-state index contributed by atoms with van der Waals surface area (Å²) in [6.45, 7) is 12.4. The van der Waals surface area contributed by atoms with E-state index in [2.05, 4.69) is 20.9 Å².